The number of nitrogens with two attached hydrogens (primary N) is 1. The fraction of sp³-hybridized carbons (Fsp3) is 0.320. The van der Waals surface area contributed by atoms with Gasteiger partial charge in [-0.3, -0.25) is 4.99 Å². The zero-order chi connectivity index (χ0) is 22.6. The zero-order valence-electron chi connectivity index (χ0n) is 18.6. The molecule has 166 valence electrons. The number of nitrogens with zero attached hydrogens (tertiary/aromatic N) is 4. The Morgan fingerprint density at radius 3 is 2.44 bits per heavy atom. The highest BCUT2D eigenvalue weighted by molar-refractivity contribution is 5.79. The monoisotopic (exact) mass is 429 g/mol. The van der Waals surface area contributed by atoms with Gasteiger partial charge >= 0.3 is 0 Å². The summed E-state index contributed by atoms with van der Waals surface area (Å²) >= 11 is 0. The summed E-state index contributed by atoms with van der Waals surface area (Å²) in [7, 11) is 0. The Balaban J connectivity index is 1.51. The smallest absolute Gasteiger partial charge is 0.191 e. The molecule has 32 heavy (non-hydrogen) atoms. The molecule has 0 atom stereocenters. The van der Waals surface area contributed by atoms with Crippen molar-refractivity contribution in [3.63, 3.8) is 0 Å². The minimum absolute atomic E-state index is 0.384. The van der Waals surface area contributed by atoms with Crippen LogP contribution < -0.4 is 16.4 Å². The Morgan fingerprint density at radius 1 is 1.03 bits per heavy atom. The van der Waals surface area contributed by atoms with Gasteiger partial charge in [0.25, 0.3) is 0 Å². The van der Waals surface area contributed by atoms with E-state index in [1.165, 1.54) is 5.56 Å². The van der Waals surface area contributed by atoms with Gasteiger partial charge in [-0.2, -0.15) is 10.4 Å². The maximum Gasteiger partial charge on any atom is 0.191 e. The van der Waals surface area contributed by atoms with Crippen LogP contribution in [0, 0.1) is 11.3 Å². The zero-order valence-corrected chi connectivity index (χ0v) is 18.6. The third-order valence-corrected chi connectivity index (χ3v) is 5.07. The molecule has 0 saturated carbocycles. The third-order valence-electron chi connectivity index (χ3n) is 5.07. The molecule has 0 fully saturated rings. The number of hydrogen-bond donors (Lipinski definition) is 3. The van der Waals surface area contributed by atoms with E-state index >= 15 is 0 Å². The molecule has 0 aliphatic heterocycles. The number of rotatable bonds is 10. The Hall–Kier alpha value is -3.79. The first-order valence-electron chi connectivity index (χ1n) is 11.1. The summed E-state index contributed by atoms with van der Waals surface area (Å²) in [5.41, 5.74) is 9.54. The van der Waals surface area contributed by atoms with Gasteiger partial charge in [0.1, 0.15) is 17.5 Å². The second kappa shape index (κ2) is 12.2. The number of hydrogen-bond acceptors (Lipinski definition) is 4. The van der Waals surface area contributed by atoms with Gasteiger partial charge in [0, 0.05) is 19.6 Å². The SMILES string of the molecule is CCNC(=NCCCc1ccccc1)NCCCc1nn(-c2ccccc2)c(N)c1C#N. The second-order valence-corrected chi connectivity index (χ2v) is 7.45. The van der Waals surface area contributed by atoms with Crippen LogP contribution in [0.2, 0.25) is 0 Å². The molecular weight excluding hydrogens is 398 g/mol. The summed E-state index contributed by atoms with van der Waals surface area (Å²) < 4.78 is 1.64. The van der Waals surface area contributed by atoms with E-state index < -0.39 is 0 Å². The van der Waals surface area contributed by atoms with Crippen LogP contribution in [0.5, 0.6) is 0 Å². The Kier molecular flexibility index (Phi) is 8.70. The molecule has 4 N–H and O–H groups in total. The van der Waals surface area contributed by atoms with E-state index in [0.29, 0.717) is 17.8 Å². The number of aliphatic imine (C=N–C) groups is 1. The molecule has 7 nitrogen and oxygen atoms in total. The molecule has 7 heteroatoms. The second-order valence-electron chi connectivity index (χ2n) is 7.45. The fourth-order valence-electron chi connectivity index (χ4n) is 3.46. The number of aromatic nitrogens is 2. The van der Waals surface area contributed by atoms with Gasteiger partial charge in [0.05, 0.1) is 11.4 Å². The molecule has 0 spiro atoms. The summed E-state index contributed by atoms with van der Waals surface area (Å²) in [5.74, 6) is 1.20. The van der Waals surface area contributed by atoms with E-state index in [2.05, 4.69) is 58.0 Å². The summed E-state index contributed by atoms with van der Waals surface area (Å²) in [6, 6.07) is 22.3. The molecule has 1 heterocycles. The predicted octanol–water partition coefficient (Wildman–Crippen LogP) is 3.45. The van der Waals surface area contributed by atoms with E-state index in [1.807, 2.05) is 36.4 Å². The van der Waals surface area contributed by atoms with Crippen LogP contribution in [-0.4, -0.2) is 35.4 Å². The van der Waals surface area contributed by atoms with Gasteiger partial charge in [0.15, 0.2) is 5.96 Å². The minimum Gasteiger partial charge on any atom is -0.382 e. The minimum atomic E-state index is 0.384. The third kappa shape index (κ3) is 6.35. The number of benzene rings is 2. The normalized spacial score (nSPS) is 11.2. The van der Waals surface area contributed by atoms with Crippen molar-refractivity contribution in [2.75, 3.05) is 25.4 Å². The van der Waals surface area contributed by atoms with Crippen LogP contribution in [0.3, 0.4) is 0 Å². The summed E-state index contributed by atoms with van der Waals surface area (Å²) in [5, 5.41) is 20.8. The summed E-state index contributed by atoms with van der Waals surface area (Å²) in [4.78, 5) is 4.67. The molecule has 1 aromatic heterocycles. The van der Waals surface area contributed by atoms with Crippen LogP contribution in [0.25, 0.3) is 5.69 Å². The molecule has 0 amide bonds. The van der Waals surface area contributed by atoms with Crippen molar-refractivity contribution in [2.45, 2.75) is 32.6 Å². The number of nitrogen functional groups attached to an aromatic ring is 1. The first-order valence-corrected chi connectivity index (χ1v) is 11.1. The summed E-state index contributed by atoms with van der Waals surface area (Å²) in [6.07, 6.45) is 3.50. The van der Waals surface area contributed by atoms with E-state index in [-0.39, 0.29) is 0 Å². The number of nitriles is 1. The average Bonchev–Trinajstić information content (AvgIpc) is 3.15. The van der Waals surface area contributed by atoms with Crippen LogP contribution >= 0.6 is 0 Å². The van der Waals surface area contributed by atoms with Crippen molar-refractivity contribution < 1.29 is 0 Å². The van der Waals surface area contributed by atoms with Crippen LogP contribution in [0.15, 0.2) is 65.7 Å². The Bertz CT molecular complexity index is 1030. The van der Waals surface area contributed by atoms with Crippen molar-refractivity contribution in [1.29, 1.82) is 5.26 Å². The van der Waals surface area contributed by atoms with Crippen LogP contribution in [0.1, 0.15) is 36.6 Å². The first-order chi connectivity index (χ1) is 15.7. The molecule has 3 rings (SSSR count). The maximum atomic E-state index is 9.55. The Labute approximate surface area is 190 Å². The topological polar surface area (TPSA) is 104 Å². The lowest BCUT2D eigenvalue weighted by atomic mass is 10.1. The van der Waals surface area contributed by atoms with Gasteiger partial charge in [-0.1, -0.05) is 48.5 Å². The van der Waals surface area contributed by atoms with Gasteiger partial charge in [-0.05, 0) is 50.3 Å². The molecule has 0 aliphatic carbocycles. The maximum absolute atomic E-state index is 9.55. The highest BCUT2D eigenvalue weighted by atomic mass is 15.3. The first kappa shape index (κ1) is 22.9. The van der Waals surface area contributed by atoms with Crippen molar-refractivity contribution in [1.82, 2.24) is 20.4 Å². The van der Waals surface area contributed by atoms with Gasteiger partial charge in [0.2, 0.25) is 0 Å². The van der Waals surface area contributed by atoms with E-state index in [1.54, 1.807) is 4.68 Å². The average molecular weight is 430 g/mol. The van der Waals surface area contributed by atoms with Crippen molar-refractivity contribution in [3.05, 3.63) is 77.5 Å². The molecule has 3 aromatic rings. The van der Waals surface area contributed by atoms with Crippen LogP contribution in [0.4, 0.5) is 5.82 Å². The van der Waals surface area contributed by atoms with E-state index in [0.717, 1.165) is 56.2 Å². The lowest BCUT2D eigenvalue weighted by molar-refractivity contribution is 0.719. The van der Waals surface area contributed by atoms with Crippen molar-refractivity contribution in [2.24, 2.45) is 4.99 Å². The highest BCUT2D eigenvalue weighted by Crippen LogP contribution is 2.21. The number of nitrogens with one attached hydrogen (secondary N) is 2. The number of aryl methyl sites for hydroxylation is 2. The fourth-order valence-corrected chi connectivity index (χ4v) is 3.46. The molecule has 0 unspecified atom stereocenters. The molecular formula is C25H31N7. The molecule has 0 saturated heterocycles. The molecule has 0 aliphatic rings. The van der Waals surface area contributed by atoms with E-state index in [9.17, 15) is 5.26 Å². The lowest BCUT2D eigenvalue weighted by Gasteiger charge is -2.11. The molecule has 0 bridgehead atoms. The number of para-hydroxylation sites is 1. The Morgan fingerprint density at radius 2 is 1.75 bits per heavy atom. The highest BCUT2D eigenvalue weighted by Gasteiger charge is 2.16. The summed E-state index contributed by atoms with van der Waals surface area (Å²) in [6.45, 7) is 4.36. The standard InChI is InChI=1S/C25H31N7/c1-2-28-25(29-17-9-13-20-11-5-3-6-12-20)30-18-10-16-23-22(19-26)24(27)32(31-23)21-14-7-4-8-15-21/h3-8,11-12,14-15H,2,9-10,13,16-18,27H2,1H3,(H2,28,29,30). The van der Waals surface area contributed by atoms with Crippen molar-refractivity contribution >= 4 is 11.8 Å². The molecule has 2 aromatic carbocycles. The quantitative estimate of drug-likeness (QED) is 0.260. The number of guanidine groups is 1. The largest absolute Gasteiger partial charge is 0.382 e. The van der Waals surface area contributed by atoms with E-state index in [4.69, 9.17) is 5.73 Å². The molecule has 0 radical (unpaired) electrons. The van der Waals surface area contributed by atoms with Gasteiger partial charge in [-0.15, -0.1) is 0 Å². The predicted molar refractivity (Wildman–Crippen MR) is 130 cm³/mol. The van der Waals surface area contributed by atoms with Crippen LogP contribution in [-0.2, 0) is 12.8 Å². The van der Waals surface area contributed by atoms with Gasteiger partial charge < -0.3 is 16.4 Å². The lowest BCUT2D eigenvalue weighted by Crippen LogP contribution is -2.38. The van der Waals surface area contributed by atoms with Crippen molar-refractivity contribution in [3.8, 4) is 11.8 Å². The van der Waals surface area contributed by atoms with Gasteiger partial charge in [-0.25, -0.2) is 4.68 Å². The number of anilines is 1.